The van der Waals surface area contributed by atoms with Crippen molar-refractivity contribution in [2.75, 3.05) is 7.11 Å². The van der Waals surface area contributed by atoms with Gasteiger partial charge in [0.2, 0.25) is 0 Å². The molecule has 0 fully saturated rings. The monoisotopic (exact) mass is 481 g/mol. The van der Waals surface area contributed by atoms with Gasteiger partial charge < -0.3 is 9.30 Å². The van der Waals surface area contributed by atoms with Gasteiger partial charge in [0, 0.05) is 17.6 Å². The van der Waals surface area contributed by atoms with Gasteiger partial charge in [-0.2, -0.15) is 17.9 Å². The number of aromatic nitrogens is 7. The first-order chi connectivity index (χ1) is 15.3. The lowest BCUT2D eigenvalue weighted by Gasteiger charge is -2.13. The van der Waals surface area contributed by atoms with Crippen LogP contribution in [0.5, 0.6) is 5.75 Å². The number of halogens is 4. The molecule has 0 aliphatic heterocycles. The third kappa shape index (κ3) is 4.41. The second kappa shape index (κ2) is 8.79. The lowest BCUT2D eigenvalue weighted by molar-refractivity contribution is -0.137. The molecule has 8 nitrogen and oxygen atoms in total. The standard InChI is InChI=1S/C19H15ClF3N7OS/c1-29-17(11-3-6-13(31-2)7-4-11)25-26-18(29)32-10-16-24-27-28-30(16)15-8-5-12(20)9-14(15)19(21,22)23/h3-9H,10H2,1-2H3. The fourth-order valence-electron chi connectivity index (χ4n) is 2.96. The Morgan fingerprint density at radius 1 is 1.06 bits per heavy atom. The normalized spacial score (nSPS) is 11.7. The van der Waals surface area contributed by atoms with Crippen LogP contribution in [0.1, 0.15) is 11.4 Å². The number of thioether (sulfide) groups is 1. The molecule has 2 aromatic carbocycles. The Hall–Kier alpha value is -3.12. The van der Waals surface area contributed by atoms with E-state index in [1.807, 2.05) is 24.3 Å². The van der Waals surface area contributed by atoms with E-state index in [-0.39, 0.29) is 22.3 Å². The molecule has 32 heavy (non-hydrogen) atoms. The minimum Gasteiger partial charge on any atom is -0.497 e. The number of benzene rings is 2. The number of tetrazole rings is 1. The van der Waals surface area contributed by atoms with Gasteiger partial charge >= 0.3 is 6.18 Å². The summed E-state index contributed by atoms with van der Waals surface area (Å²) >= 11 is 7.01. The molecule has 0 aliphatic rings. The van der Waals surface area contributed by atoms with Crippen LogP contribution < -0.4 is 4.74 Å². The third-order valence-electron chi connectivity index (χ3n) is 4.54. The third-order valence-corrected chi connectivity index (χ3v) is 5.79. The van der Waals surface area contributed by atoms with Gasteiger partial charge in [0.25, 0.3) is 0 Å². The highest BCUT2D eigenvalue weighted by Gasteiger charge is 2.35. The number of hydrogen-bond donors (Lipinski definition) is 0. The molecule has 2 heterocycles. The number of hydrogen-bond acceptors (Lipinski definition) is 7. The maximum atomic E-state index is 13.5. The van der Waals surface area contributed by atoms with Crippen molar-refractivity contribution >= 4 is 23.4 Å². The van der Waals surface area contributed by atoms with Gasteiger partial charge in [0.05, 0.1) is 24.1 Å². The second-order valence-corrected chi connectivity index (χ2v) is 7.93. The zero-order chi connectivity index (χ0) is 22.9. The first kappa shape index (κ1) is 22.1. The Morgan fingerprint density at radius 3 is 2.50 bits per heavy atom. The van der Waals surface area contributed by atoms with E-state index in [9.17, 15) is 13.2 Å². The summed E-state index contributed by atoms with van der Waals surface area (Å²) in [7, 11) is 3.38. The van der Waals surface area contributed by atoms with Crippen molar-refractivity contribution in [1.29, 1.82) is 0 Å². The highest BCUT2D eigenvalue weighted by atomic mass is 35.5. The van der Waals surface area contributed by atoms with Crippen LogP contribution in [0.2, 0.25) is 5.02 Å². The topological polar surface area (TPSA) is 83.5 Å². The van der Waals surface area contributed by atoms with Gasteiger partial charge in [-0.3, -0.25) is 0 Å². The maximum absolute atomic E-state index is 13.5. The summed E-state index contributed by atoms with van der Waals surface area (Å²) in [6.45, 7) is 0. The highest BCUT2D eigenvalue weighted by Crippen LogP contribution is 2.36. The van der Waals surface area contributed by atoms with E-state index >= 15 is 0 Å². The summed E-state index contributed by atoms with van der Waals surface area (Å²) in [5.74, 6) is 1.74. The van der Waals surface area contributed by atoms with Crippen LogP contribution in [0.15, 0.2) is 47.6 Å². The molecule has 0 bridgehead atoms. The van der Waals surface area contributed by atoms with Crippen molar-refractivity contribution in [3.63, 3.8) is 0 Å². The lowest BCUT2D eigenvalue weighted by atomic mass is 10.1. The van der Waals surface area contributed by atoms with E-state index in [0.29, 0.717) is 11.0 Å². The Kier molecular flexibility index (Phi) is 6.07. The Labute approximate surface area is 189 Å². The summed E-state index contributed by atoms with van der Waals surface area (Å²) in [4.78, 5) is 0. The summed E-state index contributed by atoms with van der Waals surface area (Å²) in [6.07, 6.45) is -4.62. The van der Waals surface area contributed by atoms with E-state index < -0.39 is 11.7 Å². The minimum atomic E-state index is -4.62. The van der Waals surface area contributed by atoms with Gasteiger partial charge in [-0.15, -0.1) is 15.3 Å². The van der Waals surface area contributed by atoms with Crippen LogP contribution in [-0.4, -0.2) is 42.1 Å². The van der Waals surface area contributed by atoms with Crippen LogP contribution >= 0.6 is 23.4 Å². The molecule has 0 saturated heterocycles. The van der Waals surface area contributed by atoms with Gasteiger partial charge in [0.1, 0.15) is 5.75 Å². The average molecular weight is 482 g/mol. The molecule has 0 spiro atoms. The number of ether oxygens (including phenoxy) is 1. The number of methoxy groups -OCH3 is 1. The first-order valence-electron chi connectivity index (χ1n) is 9.09. The molecule has 0 N–H and O–H groups in total. The van der Waals surface area contributed by atoms with Crippen molar-refractivity contribution in [3.8, 4) is 22.8 Å². The average Bonchev–Trinajstić information content (AvgIpc) is 3.38. The summed E-state index contributed by atoms with van der Waals surface area (Å²) in [6, 6.07) is 10.8. The summed E-state index contributed by atoms with van der Waals surface area (Å²) < 4.78 is 48.5. The van der Waals surface area contributed by atoms with Gasteiger partial charge in [-0.1, -0.05) is 23.4 Å². The van der Waals surface area contributed by atoms with Gasteiger partial charge in [-0.05, 0) is 52.9 Å². The molecular weight excluding hydrogens is 467 g/mol. The smallest absolute Gasteiger partial charge is 0.418 e. The van der Waals surface area contributed by atoms with Gasteiger partial charge in [-0.25, -0.2) is 0 Å². The Morgan fingerprint density at radius 2 is 1.81 bits per heavy atom. The van der Waals surface area contributed by atoms with Crippen LogP contribution in [0.25, 0.3) is 17.1 Å². The summed E-state index contributed by atoms with van der Waals surface area (Å²) in [5.41, 5.74) is -0.295. The van der Waals surface area contributed by atoms with Crippen LogP contribution in [-0.2, 0) is 19.0 Å². The fraction of sp³-hybridized carbons (Fsp3) is 0.211. The van der Waals surface area contributed by atoms with E-state index in [1.165, 1.54) is 23.9 Å². The largest absolute Gasteiger partial charge is 0.497 e. The molecule has 2 aromatic heterocycles. The van der Waals surface area contributed by atoms with Gasteiger partial charge in [0.15, 0.2) is 16.8 Å². The van der Waals surface area contributed by atoms with E-state index in [1.54, 1.807) is 18.7 Å². The first-order valence-corrected chi connectivity index (χ1v) is 10.5. The zero-order valence-electron chi connectivity index (χ0n) is 16.7. The molecule has 0 unspecified atom stereocenters. The Balaban J connectivity index is 1.58. The van der Waals surface area contributed by atoms with Crippen LogP contribution in [0.3, 0.4) is 0 Å². The maximum Gasteiger partial charge on any atom is 0.418 e. The number of nitrogens with zero attached hydrogens (tertiary/aromatic N) is 7. The predicted molar refractivity (Wildman–Crippen MR) is 112 cm³/mol. The zero-order valence-corrected chi connectivity index (χ0v) is 18.3. The SMILES string of the molecule is COc1ccc(-c2nnc(SCc3nnnn3-c3ccc(Cl)cc3C(F)(F)F)n2C)cc1. The van der Waals surface area contributed by atoms with Crippen molar-refractivity contribution in [2.45, 2.75) is 17.1 Å². The minimum absolute atomic E-state index is 0.0322. The fourth-order valence-corrected chi connectivity index (χ4v) is 3.95. The van der Waals surface area contributed by atoms with Crippen molar-refractivity contribution in [3.05, 3.63) is 58.9 Å². The number of alkyl halides is 3. The van der Waals surface area contributed by atoms with Crippen LogP contribution in [0, 0.1) is 0 Å². The molecule has 0 radical (unpaired) electrons. The second-order valence-electron chi connectivity index (χ2n) is 6.55. The summed E-state index contributed by atoms with van der Waals surface area (Å²) in [5, 5.41) is 20.1. The van der Waals surface area contributed by atoms with E-state index in [2.05, 4.69) is 25.7 Å². The number of rotatable bonds is 6. The molecular formula is C19H15ClF3N7OS. The van der Waals surface area contributed by atoms with E-state index in [0.717, 1.165) is 22.1 Å². The molecule has 0 atom stereocenters. The highest BCUT2D eigenvalue weighted by molar-refractivity contribution is 7.98. The molecule has 4 aromatic rings. The lowest BCUT2D eigenvalue weighted by Crippen LogP contribution is -2.13. The quantitative estimate of drug-likeness (QED) is 0.377. The van der Waals surface area contributed by atoms with Crippen molar-refractivity contribution < 1.29 is 17.9 Å². The van der Waals surface area contributed by atoms with Crippen molar-refractivity contribution in [1.82, 2.24) is 35.0 Å². The van der Waals surface area contributed by atoms with E-state index in [4.69, 9.17) is 16.3 Å². The Bertz CT molecular complexity index is 1240. The molecule has 166 valence electrons. The predicted octanol–water partition coefficient (Wildman–Crippen LogP) is 4.43. The molecule has 0 aliphatic carbocycles. The molecule has 0 saturated carbocycles. The van der Waals surface area contributed by atoms with Crippen molar-refractivity contribution in [2.24, 2.45) is 7.05 Å². The molecule has 0 amide bonds. The van der Waals surface area contributed by atoms with Crippen LogP contribution in [0.4, 0.5) is 13.2 Å². The molecule has 13 heteroatoms. The molecule has 4 rings (SSSR count).